The number of aryl methyl sites for hydroxylation is 1. The van der Waals surface area contributed by atoms with Crippen molar-refractivity contribution in [2.45, 2.75) is 6.92 Å². The highest BCUT2D eigenvalue weighted by Gasteiger charge is 2.16. The number of hydrogen-bond acceptors (Lipinski definition) is 7. The van der Waals surface area contributed by atoms with E-state index in [1.165, 1.54) is 48.5 Å². The van der Waals surface area contributed by atoms with Crippen molar-refractivity contribution in [2.75, 3.05) is 5.32 Å². The molecule has 1 aromatic heterocycles. The molecule has 3 aromatic rings. The van der Waals surface area contributed by atoms with E-state index in [9.17, 15) is 30.3 Å². The topological polar surface area (TPSA) is 152 Å². The zero-order chi connectivity index (χ0) is 23.4. The number of benzene rings is 2. The average Bonchev–Trinajstić information content (AvgIpc) is 3.21. The number of amides is 1. The first kappa shape index (κ1) is 22.2. The second kappa shape index (κ2) is 9.11. The van der Waals surface area contributed by atoms with Gasteiger partial charge in [0.25, 0.3) is 17.3 Å². The number of halogens is 1. The quantitative estimate of drug-likeness (QED) is 0.231. The lowest BCUT2D eigenvalue weighted by Crippen LogP contribution is -2.14. The van der Waals surface area contributed by atoms with Crippen molar-refractivity contribution >= 4 is 40.6 Å². The molecule has 0 fully saturated rings. The molecule has 0 aliphatic heterocycles. The average molecular weight is 453 g/mol. The molecular weight excluding hydrogens is 440 g/mol. The molecule has 10 nitrogen and oxygen atoms in total. The molecule has 11 heteroatoms. The Hall–Kier alpha value is -4.49. The number of anilines is 1. The smallest absolute Gasteiger partial charge is 0.270 e. The van der Waals surface area contributed by atoms with Crippen LogP contribution in [0.3, 0.4) is 0 Å². The molecule has 0 aliphatic carbocycles. The summed E-state index contributed by atoms with van der Waals surface area (Å²) in [5, 5.41) is 33.7. The van der Waals surface area contributed by atoms with Crippen LogP contribution in [-0.4, -0.2) is 15.8 Å². The lowest BCUT2D eigenvalue weighted by Gasteiger charge is -2.07. The van der Waals surface area contributed by atoms with Gasteiger partial charge in [0.15, 0.2) is 0 Å². The number of hydrogen-bond donors (Lipinski definition) is 1. The van der Waals surface area contributed by atoms with E-state index < -0.39 is 15.8 Å². The molecule has 3 rings (SSSR count). The van der Waals surface area contributed by atoms with Gasteiger partial charge in [0, 0.05) is 41.6 Å². The maximum atomic E-state index is 12.5. The normalized spacial score (nSPS) is 11.0. The Labute approximate surface area is 185 Å². The molecule has 0 spiro atoms. The summed E-state index contributed by atoms with van der Waals surface area (Å²) in [4.78, 5) is 33.0. The van der Waals surface area contributed by atoms with Gasteiger partial charge in [-0.05, 0) is 36.8 Å². The van der Waals surface area contributed by atoms with Gasteiger partial charge in [0.1, 0.15) is 23.2 Å². The summed E-state index contributed by atoms with van der Waals surface area (Å²) in [5.41, 5.74) is 0.622. The summed E-state index contributed by atoms with van der Waals surface area (Å²) in [5.74, 6) is -0.252. The third-order valence-corrected chi connectivity index (χ3v) is 4.69. The highest BCUT2D eigenvalue weighted by Crippen LogP contribution is 2.32. The minimum Gasteiger partial charge on any atom is -0.457 e. The number of rotatable bonds is 6. The number of non-ortho nitro benzene ring substituents is 2. The Kier molecular flexibility index (Phi) is 6.32. The summed E-state index contributed by atoms with van der Waals surface area (Å²) < 4.78 is 5.61. The highest BCUT2D eigenvalue weighted by molar-refractivity contribution is 6.33. The first-order chi connectivity index (χ1) is 15.2. The Morgan fingerprint density at radius 1 is 1.09 bits per heavy atom. The van der Waals surface area contributed by atoms with Gasteiger partial charge in [-0.15, -0.1) is 0 Å². The Bertz CT molecular complexity index is 1320. The van der Waals surface area contributed by atoms with Crippen LogP contribution < -0.4 is 5.32 Å². The van der Waals surface area contributed by atoms with E-state index in [0.29, 0.717) is 22.6 Å². The predicted octanol–water partition coefficient (Wildman–Crippen LogP) is 5.27. The fourth-order valence-electron chi connectivity index (χ4n) is 2.77. The van der Waals surface area contributed by atoms with Crippen molar-refractivity contribution in [3.8, 4) is 17.4 Å². The van der Waals surface area contributed by atoms with Gasteiger partial charge in [-0.25, -0.2) is 0 Å². The van der Waals surface area contributed by atoms with E-state index in [-0.39, 0.29) is 27.7 Å². The standard InChI is InChI=1S/C21H13ClN4O6/c1-12-8-14(25(28)29)3-6-19(12)24-21(27)13(11-23)9-16-4-7-20(32-16)17-5-2-15(26(30)31)10-18(17)22/h2-10H,1H3,(H,24,27)/b13-9+. The lowest BCUT2D eigenvalue weighted by molar-refractivity contribution is -0.385. The van der Waals surface area contributed by atoms with Crippen LogP contribution in [0, 0.1) is 38.5 Å². The Morgan fingerprint density at radius 3 is 2.34 bits per heavy atom. The van der Waals surface area contributed by atoms with Crippen LogP contribution >= 0.6 is 11.6 Å². The maximum absolute atomic E-state index is 12.5. The first-order valence-corrected chi connectivity index (χ1v) is 9.29. The van der Waals surface area contributed by atoms with E-state index in [1.54, 1.807) is 19.1 Å². The number of nitro groups is 2. The van der Waals surface area contributed by atoms with Crippen molar-refractivity contribution in [1.29, 1.82) is 5.26 Å². The summed E-state index contributed by atoms with van der Waals surface area (Å²) in [6.45, 7) is 1.59. The van der Waals surface area contributed by atoms with Crippen LogP contribution in [0.1, 0.15) is 11.3 Å². The van der Waals surface area contributed by atoms with Crippen LogP contribution in [0.15, 0.2) is 58.5 Å². The lowest BCUT2D eigenvalue weighted by atomic mass is 10.1. The minimum absolute atomic E-state index is 0.107. The molecule has 0 saturated heterocycles. The van der Waals surface area contributed by atoms with Gasteiger partial charge in [0.2, 0.25) is 0 Å². The SMILES string of the molecule is Cc1cc([N+](=O)[O-])ccc1NC(=O)/C(C#N)=C/c1ccc(-c2ccc([N+](=O)[O-])cc2Cl)o1. The van der Waals surface area contributed by atoms with Crippen LogP contribution in [0.4, 0.5) is 17.1 Å². The molecule has 0 bridgehead atoms. The summed E-state index contributed by atoms with van der Waals surface area (Å²) in [6, 6.07) is 12.7. The molecule has 0 radical (unpaired) electrons. The summed E-state index contributed by atoms with van der Waals surface area (Å²) >= 11 is 6.10. The van der Waals surface area contributed by atoms with Crippen molar-refractivity contribution in [3.63, 3.8) is 0 Å². The fraction of sp³-hybridized carbons (Fsp3) is 0.0476. The summed E-state index contributed by atoms with van der Waals surface area (Å²) in [6.07, 6.45) is 1.22. The third-order valence-electron chi connectivity index (χ3n) is 4.38. The highest BCUT2D eigenvalue weighted by atomic mass is 35.5. The van der Waals surface area contributed by atoms with Gasteiger partial charge < -0.3 is 9.73 Å². The number of nitriles is 1. The van der Waals surface area contributed by atoms with E-state index in [1.807, 2.05) is 0 Å². The minimum atomic E-state index is -0.726. The Morgan fingerprint density at radius 2 is 1.75 bits per heavy atom. The molecule has 160 valence electrons. The maximum Gasteiger partial charge on any atom is 0.270 e. The van der Waals surface area contributed by atoms with Crippen molar-refractivity contribution in [1.82, 2.24) is 0 Å². The molecule has 1 amide bonds. The van der Waals surface area contributed by atoms with E-state index in [4.69, 9.17) is 16.0 Å². The van der Waals surface area contributed by atoms with Crippen molar-refractivity contribution in [3.05, 3.63) is 90.7 Å². The van der Waals surface area contributed by atoms with E-state index in [2.05, 4.69) is 5.32 Å². The van der Waals surface area contributed by atoms with Crippen LogP contribution in [0.2, 0.25) is 5.02 Å². The number of furan rings is 1. The second-order valence-corrected chi connectivity index (χ2v) is 6.91. The molecule has 32 heavy (non-hydrogen) atoms. The molecule has 0 atom stereocenters. The number of nitrogens with zero attached hydrogens (tertiary/aromatic N) is 3. The van der Waals surface area contributed by atoms with Gasteiger partial charge in [-0.2, -0.15) is 5.26 Å². The third kappa shape index (κ3) is 4.80. The largest absolute Gasteiger partial charge is 0.457 e. The zero-order valence-electron chi connectivity index (χ0n) is 16.4. The molecule has 0 saturated carbocycles. The van der Waals surface area contributed by atoms with Gasteiger partial charge in [-0.3, -0.25) is 25.0 Å². The zero-order valence-corrected chi connectivity index (χ0v) is 17.1. The van der Waals surface area contributed by atoms with E-state index >= 15 is 0 Å². The number of carbonyl (C=O) groups is 1. The molecule has 2 aromatic carbocycles. The van der Waals surface area contributed by atoms with Crippen LogP contribution in [-0.2, 0) is 4.79 Å². The van der Waals surface area contributed by atoms with Crippen LogP contribution in [0.5, 0.6) is 0 Å². The fourth-order valence-corrected chi connectivity index (χ4v) is 3.04. The number of nitrogens with one attached hydrogen (secondary N) is 1. The molecule has 1 heterocycles. The van der Waals surface area contributed by atoms with E-state index in [0.717, 1.165) is 0 Å². The Balaban J connectivity index is 1.82. The summed E-state index contributed by atoms with van der Waals surface area (Å²) in [7, 11) is 0. The molecule has 1 N–H and O–H groups in total. The number of nitro benzene ring substituents is 2. The van der Waals surface area contributed by atoms with Gasteiger partial charge in [-0.1, -0.05) is 11.6 Å². The first-order valence-electron chi connectivity index (χ1n) is 8.92. The molecule has 0 aliphatic rings. The van der Waals surface area contributed by atoms with Crippen molar-refractivity contribution in [2.24, 2.45) is 0 Å². The second-order valence-electron chi connectivity index (χ2n) is 6.50. The van der Waals surface area contributed by atoms with Gasteiger partial charge >= 0.3 is 0 Å². The predicted molar refractivity (Wildman–Crippen MR) is 116 cm³/mol. The molecule has 0 unspecified atom stereocenters. The van der Waals surface area contributed by atoms with Crippen LogP contribution in [0.25, 0.3) is 17.4 Å². The number of carbonyl (C=O) groups excluding carboxylic acids is 1. The van der Waals surface area contributed by atoms with Gasteiger partial charge in [0.05, 0.1) is 14.9 Å². The van der Waals surface area contributed by atoms with Crippen molar-refractivity contribution < 1.29 is 19.1 Å². The monoisotopic (exact) mass is 452 g/mol. The molecular formula is C21H13ClN4O6.